The number of anilines is 1. The Labute approximate surface area is 99.2 Å². The van der Waals surface area contributed by atoms with Gasteiger partial charge in [0, 0.05) is 12.5 Å². The van der Waals surface area contributed by atoms with Crippen molar-refractivity contribution in [3.8, 4) is 0 Å². The van der Waals surface area contributed by atoms with Crippen molar-refractivity contribution in [2.45, 2.75) is 6.42 Å². The van der Waals surface area contributed by atoms with E-state index in [1.807, 2.05) is 18.2 Å². The highest BCUT2D eigenvalue weighted by Gasteiger charge is 2.07. The molecule has 0 amide bonds. The van der Waals surface area contributed by atoms with Gasteiger partial charge in [-0.2, -0.15) is 0 Å². The van der Waals surface area contributed by atoms with Gasteiger partial charge < -0.3 is 10.5 Å². The summed E-state index contributed by atoms with van der Waals surface area (Å²) >= 11 is 6.14. The molecule has 16 heavy (non-hydrogen) atoms. The molecule has 0 saturated heterocycles. The molecule has 1 heterocycles. The van der Waals surface area contributed by atoms with Gasteiger partial charge in [0.1, 0.15) is 0 Å². The number of pyridine rings is 1. The van der Waals surface area contributed by atoms with Crippen LogP contribution in [0.1, 0.15) is 5.56 Å². The highest BCUT2D eigenvalue weighted by atomic mass is 35.5. The molecular formula is C12H13ClN2O. The average molecular weight is 237 g/mol. The monoisotopic (exact) mass is 236 g/mol. The van der Waals surface area contributed by atoms with E-state index >= 15 is 0 Å². The van der Waals surface area contributed by atoms with Crippen LogP contribution in [0.3, 0.4) is 0 Å². The minimum atomic E-state index is 0.512. The number of nitrogen functional groups attached to an aromatic ring is 1. The summed E-state index contributed by atoms with van der Waals surface area (Å²) in [5.41, 5.74) is 8.26. The van der Waals surface area contributed by atoms with Crippen LogP contribution in [-0.4, -0.2) is 18.7 Å². The van der Waals surface area contributed by atoms with Crippen LogP contribution in [0.2, 0.25) is 5.02 Å². The molecule has 0 aliphatic rings. The van der Waals surface area contributed by atoms with Crippen molar-refractivity contribution in [1.29, 1.82) is 0 Å². The number of para-hydroxylation sites is 1. The molecule has 1 aromatic carbocycles. The van der Waals surface area contributed by atoms with Gasteiger partial charge in [-0.25, -0.2) is 0 Å². The summed E-state index contributed by atoms with van der Waals surface area (Å²) in [6.07, 6.45) is 2.42. The van der Waals surface area contributed by atoms with Gasteiger partial charge in [0.2, 0.25) is 0 Å². The van der Waals surface area contributed by atoms with Crippen molar-refractivity contribution < 1.29 is 4.74 Å². The van der Waals surface area contributed by atoms with Crippen LogP contribution in [0.15, 0.2) is 24.4 Å². The second-order valence-corrected chi connectivity index (χ2v) is 3.96. The lowest BCUT2D eigenvalue weighted by Gasteiger charge is -2.07. The standard InChI is InChI=1S/C12H13ClN2O/c1-16-6-5-8-3-2-4-9-11(13)10(14)7-15-12(8)9/h2-4,7H,5-6,14H2,1H3. The number of aromatic nitrogens is 1. The Bertz CT molecular complexity index is 514. The van der Waals surface area contributed by atoms with E-state index in [0.717, 1.165) is 22.9 Å². The maximum atomic E-state index is 6.14. The Balaban J connectivity index is 2.56. The van der Waals surface area contributed by atoms with Crippen molar-refractivity contribution in [3.05, 3.63) is 35.0 Å². The topological polar surface area (TPSA) is 48.1 Å². The third-order valence-electron chi connectivity index (χ3n) is 2.52. The SMILES string of the molecule is COCCc1cccc2c(Cl)c(N)cnc12. The first kappa shape index (κ1) is 11.2. The van der Waals surface area contributed by atoms with Crippen LogP contribution in [0.5, 0.6) is 0 Å². The van der Waals surface area contributed by atoms with Crippen molar-refractivity contribution in [1.82, 2.24) is 4.98 Å². The molecule has 2 N–H and O–H groups in total. The average Bonchev–Trinajstić information content (AvgIpc) is 2.31. The van der Waals surface area contributed by atoms with Crippen LogP contribution >= 0.6 is 11.6 Å². The van der Waals surface area contributed by atoms with E-state index in [1.54, 1.807) is 13.3 Å². The summed E-state index contributed by atoms with van der Waals surface area (Å²) in [7, 11) is 1.68. The molecule has 2 aromatic rings. The van der Waals surface area contributed by atoms with Crippen LogP contribution in [0, 0.1) is 0 Å². The van der Waals surface area contributed by atoms with E-state index in [9.17, 15) is 0 Å². The maximum absolute atomic E-state index is 6.14. The lowest BCUT2D eigenvalue weighted by atomic mass is 10.1. The fourth-order valence-electron chi connectivity index (χ4n) is 1.68. The van der Waals surface area contributed by atoms with Crippen molar-refractivity contribution >= 4 is 28.2 Å². The van der Waals surface area contributed by atoms with Crippen molar-refractivity contribution in [3.63, 3.8) is 0 Å². The Morgan fingerprint density at radius 1 is 1.44 bits per heavy atom. The summed E-state index contributed by atoms with van der Waals surface area (Å²) in [4.78, 5) is 4.33. The lowest BCUT2D eigenvalue weighted by molar-refractivity contribution is 0.202. The molecule has 0 fully saturated rings. The number of benzene rings is 1. The third-order valence-corrected chi connectivity index (χ3v) is 2.94. The highest BCUT2D eigenvalue weighted by Crippen LogP contribution is 2.29. The third kappa shape index (κ3) is 1.96. The predicted octanol–water partition coefficient (Wildman–Crippen LogP) is 2.66. The molecule has 0 radical (unpaired) electrons. The summed E-state index contributed by atoms with van der Waals surface area (Å²) in [5.74, 6) is 0. The number of ether oxygens (including phenoxy) is 1. The van der Waals surface area contributed by atoms with Gasteiger partial charge in [-0.1, -0.05) is 29.8 Å². The van der Waals surface area contributed by atoms with Gasteiger partial charge in [-0.05, 0) is 12.0 Å². The Morgan fingerprint density at radius 2 is 2.25 bits per heavy atom. The van der Waals surface area contributed by atoms with Gasteiger partial charge in [-0.3, -0.25) is 4.98 Å². The summed E-state index contributed by atoms with van der Waals surface area (Å²) < 4.78 is 5.06. The molecule has 0 aliphatic heterocycles. The molecule has 0 bridgehead atoms. The first-order valence-electron chi connectivity index (χ1n) is 5.04. The quantitative estimate of drug-likeness (QED) is 0.891. The molecular weight excluding hydrogens is 224 g/mol. The van der Waals surface area contributed by atoms with E-state index in [1.165, 1.54) is 0 Å². The van der Waals surface area contributed by atoms with Gasteiger partial charge in [0.15, 0.2) is 0 Å². The Morgan fingerprint density at radius 3 is 3.00 bits per heavy atom. The number of nitrogens with two attached hydrogens (primary N) is 1. The zero-order valence-electron chi connectivity index (χ0n) is 9.03. The van der Waals surface area contributed by atoms with Crippen molar-refractivity contribution in [2.75, 3.05) is 19.5 Å². The predicted molar refractivity (Wildman–Crippen MR) is 66.7 cm³/mol. The number of rotatable bonds is 3. The first-order chi connectivity index (χ1) is 7.74. The molecule has 1 aromatic heterocycles. The van der Waals surface area contributed by atoms with E-state index in [4.69, 9.17) is 22.1 Å². The number of hydrogen-bond acceptors (Lipinski definition) is 3. The van der Waals surface area contributed by atoms with E-state index in [-0.39, 0.29) is 0 Å². The number of methoxy groups -OCH3 is 1. The summed E-state index contributed by atoms with van der Waals surface area (Å²) in [6, 6.07) is 5.92. The normalized spacial score (nSPS) is 10.9. The highest BCUT2D eigenvalue weighted by molar-refractivity contribution is 6.37. The number of fused-ring (bicyclic) bond motifs is 1. The number of nitrogens with zero attached hydrogens (tertiary/aromatic N) is 1. The molecule has 84 valence electrons. The second kappa shape index (κ2) is 4.68. The van der Waals surface area contributed by atoms with Crippen LogP contribution in [-0.2, 0) is 11.2 Å². The molecule has 0 spiro atoms. The van der Waals surface area contributed by atoms with Crippen LogP contribution < -0.4 is 5.73 Å². The van der Waals surface area contributed by atoms with Gasteiger partial charge >= 0.3 is 0 Å². The number of hydrogen-bond donors (Lipinski definition) is 1. The Hall–Kier alpha value is -1.32. The molecule has 2 rings (SSSR count). The molecule has 3 nitrogen and oxygen atoms in total. The molecule has 0 unspecified atom stereocenters. The fourth-order valence-corrected chi connectivity index (χ4v) is 1.88. The minimum Gasteiger partial charge on any atom is -0.396 e. The second-order valence-electron chi connectivity index (χ2n) is 3.58. The fraction of sp³-hybridized carbons (Fsp3) is 0.250. The van der Waals surface area contributed by atoms with Crippen LogP contribution in [0.25, 0.3) is 10.9 Å². The largest absolute Gasteiger partial charge is 0.396 e. The Kier molecular flexibility index (Phi) is 3.27. The summed E-state index contributed by atoms with van der Waals surface area (Å²) in [6.45, 7) is 0.669. The van der Waals surface area contributed by atoms with Crippen LogP contribution in [0.4, 0.5) is 5.69 Å². The number of halogens is 1. The van der Waals surface area contributed by atoms with Crippen molar-refractivity contribution in [2.24, 2.45) is 0 Å². The van der Waals surface area contributed by atoms with Gasteiger partial charge in [0.05, 0.1) is 29.0 Å². The molecule has 0 atom stereocenters. The maximum Gasteiger partial charge on any atom is 0.0751 e. The van der Waals surface area contributed by atoms with Gasteiger partial charge in [-0.15, -0.1) is 0 Å². The zero-order chi connectivity index (χ0) is 11.5. The van der Waals surface area contributed by atoms with E-state index < -0.39 is 0 Å². The molecule has 4 heteroatoms. The van der Waals surface area contributed by atoms with E-state index in [2.05, 4.69) is 4.98 Å². The smallest absolute Gasteiger partial charge is 0.0751 e. The first-order valence-corrected chi connectivity index (χ1v) is 5.42. The summed E-state index contributed by atoms with van der Waals surface area (Å²) in [5, 5.41) is 1.47. The van der Waals surface area contributed by atoms with Gasteiger partial charge in [0.25, 0.3) is 0 Å². The molecule has 0 aliphatic carbocycles. The lowest BCUT2D eigenvalue weighted by Crippen LogP contribution is -1.98. The molecule has 0 saturated carbocycles. The van der Waals surface area contributed by atoms with E-state index in [0.29, 0.717) is 17.3 Å². The minimum absolute atomic E-state index is 0.512. The zero-order valence-corrected chi connectivity index (χ0v) is 9.79.